The maximum absolute atomic E-state index is 12.0. The summed E-state index contributed by atoms with van der Waals surface area (Å²) in [5.41, 5.74) is -0.0813. The molecular weight excluding hydrogens is 411 g/mol. The molecule has 0 saturated carbocycles. The Morgan fingerprint density at radius 3 is 2.57 bits per heavy atom. The highest BCUT2D eigenvalue weighted by Crippen LogP contribution is 2.17. The maximum Gasteiger partial charge on any atom is 0.336 e. The highest BCUT2D eigenvalue weighted by atomic mass is 127. The minimum absolute atomic E-state index is 0.0171. The van der Waals surface area contributed by atoms with Gasteiger partial charge in [0.25, 0.3) is 0 Å². The lowest BCUT2D eigenvalue weighted by Gasteiger charge is -2.08. The molecule has 0 radical (unpaired) electrons. The van der Waals surface area contributed by atoms with E-state index in [-0.39, 0.29) is 29.3 Å². The molecule has 0 bridgehead atoms. The zero-order chi connectivity index (χ0) is 16.0. The third-order valence-electron chi connectivity index (χ3n) is 2.50. The van der Waals surface area contributed by atoms with E-state index in [1.807, 2.05) is 22.6 Å². The van der Waals surface area contributed by atoms with Gasteiger partial charge < -0.3 is 10.4 Å². The van der Waals surface area contributed by atoms with Crippen molar-refractivity contribution in [2.75, 3.05) is 13.1 Å². The minimum atomic E-state index is -3.84. The highest BCUT2D eigenvalue weighted by molar-refractivity contribution is 14.1. The fourth-order valence-electron chi connectivity index (χ4n) is 1.50. The summed E-state index contributed by atoms with van der Waals surface area (Å²) in [7, 11) is -3.84. The fourth-order valence-corrected chi connectivity index (χ4v) is 3.13. The van der Waals surface area contributed by atoms with Gasteiger partial charge in [-0.3, -0.25) is 4.79 Å². The summed E-state index contributed by atoms with van der Waals surface area (Å²) in [5, 5.41) is 11.5. The Hall–Kier alpha value is -1.20. The van der Waals surface area contributed by atoms with Crippen molar-refractivity contribution in [2.45, 2.75) is 18.2 Å². The van der Waals surface area contributed by atoms with Crippen LogP contribution in [-0.2, 0) is 14.8 Å². The molecular formula is C12H15IN2O5S. The summed E-state index contributed by atoms with van der Waals surface area (Å²) < 4.78 is 26.8. The molecule has 0 aliphatic carbocycles. The highest BCUT2D eigenvalue weighted by Gasteiger charge is 2.18. The van der Waals surface area contributed by atoms with Crippen molar-refractivity contribution in [3.63, 3.8) is 0 Å². The zero-order valence-corrected chi connectivity index (χ0v) is 14.2. The Morgan fingerprint density at radius 2 is 2.00 bits per heavy atom. The number of sulfonamides is 1. The second kappa shape index (κ2) is 7.71. The summed E-state index contributed by atoms with van der Waals surface area (Å²) in [4.78, 5) is 22.1. The number of hydrogen-bond donors (Lipinski definition) is 3. The zero-order valence-electron chi connectivity index (χ0n) is 11.2. The number of carboxylic acid groups (broad SMARTS) is 1. The average molecular weight is 426 g/mol. The van der Waals surface area contributed by atoms with Crippen molar-refractivity contribution < 1.29 is 23.1 Å². The van der Waals surface area contributed by atoms with E-state index >= 15 is 0 Å². The number of amides is 1. The van der Waals surface area contributed by atoms with Crippen LogP contribution >= 0.6 is 22.6 Å². The van der Waals surface area contributed by atoms with Gasteiger partial charge in [0.1, 0.15) is 0 Å². The molecule has 0 saturated heterocycles. The minimum Gasteiger partial charge on any atom is -0.478 e. The quantitative estimate of drug-likeness (QED) is 0.559. The molecule has 9 heteroatoms. The molecule has 1 aromatic rings. The van der Waals surface area contributed by atoms with Gasteiger partial charge in [0, 0.05) is 23.1 Å². The van der Waals surface area contributed by atoms with Crippen LogP contribution in [0.1, 0.15) is 23.7 Å². The van der Waals surface area contributed by atoms with E-state index < -0.39 is 16.0 Å². The second-order valence-corrected chi connectivity index (χ2v) is 6.98. The van der Waals surface area contributed by atoms with Crippen molar-refractivity contribution in [2.24, 2.45) is 0 Å². The van der Waals surface area contributed by atoms with Gasteiger partial charge in [-0.15, -0.1) is 0 Å². The Balaban J connectivity index is 2.81. The Labute approximate surface area is 136 Å². The topological polar surface area (TPSA) is 113 Å². The number of nitrogens with one attached hydrogen (secondary N) is 2. The third kappa shape index (κ3) is 5.25. The molecule has 0 fully saturated rings. The van der Waals surface area contributed by atoms with Crippen molar-refractivity contribution in [3.05, 3.63) is 27.3 Å². The molecule has 7 nitrogen and oxygen atoms in total. The summed E-state index contributed by atoms with van der Waals surface area (Å²) >= 11 is 1.82. The first-order valence-corrected chi connectivity index (χ1v) is 8.63. The predicted octanol–water partition coefficient (Wildman–Crippen LogP) is 0.794. The number of carbonyl (C=O) groups is 2. The molecule has 0 aliphatic rings. The van der Waals surface area contributed by atoms with Crippen molar-refractivity contribution in [1.82, 2.24) is 10.0 Å². The van der Waals surface area contributed by atoms with E-state index in [0.717, 1.165) is 6.07 Å². The lowest BCUT2D eigenvalue weighted by molar-refractivity contribution is -0.120. The summed E-state index contributed by atoms with van der Waals surface area (Å²) in [5.74, 6) is -1.45. The third-order valence-corrected chi connectivity index (χ3v) is 4.90. The largest absolute Gasteiger partial charge is 0.478 e. The second-order valence-electron chi connectivity index (χ2n) is 4.05. The van der Waals surface area contributed by atoms with E-state index in [1.54, 1.807) is 6.92 Å². The monoisotopic (exact) mass is 426 g/mol. The summed E-state index contributed by atoms with van der Waals surface area (Å²) in [6.45, 7) is 2.19. The van der Waals surface area contributed by atoms with Crippen LogP contribution in [0.2, 0.25) is 0 Å². The lowest BCUT2D eigenvalue weighted by atomic mass is 10.2. The SMILES string of the molecule is CCNC(=O)CCNS(=O)(=O)c1ccc(I)c(C(=O)O)c1. The van der Waals surface area contributed by atoms with E-state index in [0.29, 0.717) is 10.1 Å². The van der Waals surface area contributed by atoms with Crippen LogP contribution in [0.15, 0.2) is 23.1 Å². The summed E-state index contributed by atoms with van der Waals surface area (Å²) in [6, 6.07) is 3.84. The van der Waals surface area contributed by atoms with Crippen LogP contribution in [0, 0.1) is 3.57 Å². The summed E-state index contributed by atoms with van der Waals surface area (Å²) in [6.07, 6.45) is 0.0171. The van der Waals surface area contributed by atoms with E-state index in [4.69, 9.17) is 5.11 Å². The van der Waals surface area contributed by atoms with Gasteiger partial charge >= 0.3 is 5.97 Å². The fraction of sp³-hybridized carbons (Fsp3) is 0.333. The number of halogens is 1. The first-order valence-electron chi connectivity index (χ1n) is 6.07. The Morgan fingerprint density at radius 1 is 1.33 bits per heavy atom. The maximum atomic E-state index is 12.0. The van der Waals surface area contributed by atoms with Gasteiger partial charge in [-0.05, 0) is 47.7 Å². The standard InChI is InChI=1S/C12H15IN2O5S/c1-2-14-11(16)5-6-15-21(19,20)8-3-4-10(13)9(7-8)12(17)18/h3-4,7,15H,2,5-6H2,1H3,(H,14,16)(H,17,18). The number of carboxylic acids is 1. The normalized spacial score (nSPS) is 11.1. The molecule has 1 amide bonds. The molecule has 21 heavy (non-hydrogen) atoms. The molecule has 0 unspecified atom stereocenters. The first-order chi connectivity index (χ1) is 9.77. The van der Waals surface area contributed by atoms with Crippen molar-refractivity contribution in [1.29, 1.82) is 0 Å². The molecule has 116 valence electrons. The van der Waals surface area contributed by atoms with Gasteiger partial charge in [-0.1, -0.05) is 0 Å². The molecule has 1 aromatic carbocycles. The molecule has 0 aliphatic heterocycles. The van der Waals surface area contributed by atoms with Crippen LogP contribution in [0.3, 0.4) is 0 Å². The average Bonchev–Trinajstić information content (AvgIpc) is 2.38. The number of benzene rings is 1. The van der Waals surface area contributed by atoms with Crippen LogP contribution in [0.25, 0.3) is 0 Å². The van der Waals surface area contributed by atoms with Gasteiger partial charge in [0.2, 0.25) is 15.9 Å². The Kier molecular flexibility index (Phi) is 6.55. The predicted molar refractivity (Wildman–Crippen MR) is 84.6 cm³/mol. The van der Waals surface area contributed by atoms with Gasteiger partial charge in [0.15, 0.2) is 0 Å². The van der Waals surface area contributed by atoms with Gasteiger partial charge in [0.05, 0.1) is 10.5 Å². The first kappa shape index (κ1) is 17.9. The number of hydrogen-bond acceptors (Lipinski definition) is 4. The van der Waals surface area contributed by atoms with Crippen LogP contribution in [0.4, 0.5) is 0 Å². The molecule has 0 spiro atoms. The van der Waals surface area contributed by atoms with Crippen LogP contribution in [-0.4, -0.2) is 38.5 Å². The van der Waals surface area contributed by atoms with Crippen molar-refractivity contribution >= 4 is 44.5 Å². The van der Waals surface area contributed by atoms with E-state index in [9.17, 15) is 18.0 Å². The molecule has 3 N–H and O–H groups in total. The molecule has 0 heterocycles. The smallest absolute Gasteiger partial charge is 0.336 e. The van der Waals surface area contributed by atoms with Gasteiger partial charge in [-0.25, -0.2) is 17.9 Å². The van der Waals surface area contributed by atoms with Crippen LogP contribution in [0.5, 0.6) is 0 Å². The van der Waals surface area contributed by atoms with E-state index in [2.05, 4.69) is 10.0 Å². The van der Waals surface area contributed by atoms with Crippen molar-refractivity contribution in [3.8, 4) is 0 Å². The lowest BCUT2D eigenvalue weighted by Crippen LogP contribution is -2.30. The number of carbonyl (C=O) groups excluding carboxylic acids is 1. The Bertz CT molecular complexity index is 645. The van der Waals surface area contributed by atoms with E-state index in [1.165, 1.54) is 12.1 Å². The molecule has 1 rings (SSSR count). The molecule has 0 atom stereocenters. The number of rotatable bonds is 7. The molecule has 0 aromatic heterocycles. The number of aromatic carboxylic acids is 1. The van der Waals surface area contributed by atoms with Crippen LogP contribution < -0.4 is 10.0 Å². The van der Waals surface area contributed by atoms with Gasteiger partial charge in [-0.2, -0.15) is 0 Å².